The van der Waals surface area contributed by atoms with Crippen molar-refractivity contribution in [3.05, 3.63) is 82.0 Å². The van der Waals surface area contributed by atoms with Crippen LogP contribution in [0.1, 0.15) is 17.0 Å². The maximum atomic E-state index is 13.3. The van der Waals surface area contributed by atoms with Crippen molar-refractivity contribution in [3.8, 4) is 5.69 Å². The van der Waals surface area contributed by atoms with Crippen molar-refractivity contribution in [2.45, 2.75) is 18.9 Å². The number of benzene rings is 2. The predicted octanol–water partition coefficient (Wildman–Crippen LogP) is 3.09. The molecule has 1 saturated heterocycles. The first-order valence-electron chi connectivity index (χ1n) is 10.6. The SMILES string of the molecule is Cc1ccc([C@@H]2CN(c3nc4nn(-c5ccc(F)cc5)cc4c(=O)[nH]3)C[C@H]2N(C)C)cc1. The molecule has 0 saturated carbocycles. The number of fused-ring (bicyclic) bond motifs is 1. The van der Waals surface area contributed by atoms with Crippen LogP contribution in [-0.4, -0.2) is 57.9 Å². The van der Waals surface area contributed by atoms with E-state index in [0.717, 1.165) is 13.1 Å². The number of nitrogens with zero attached hydrogens (tertiary/aromatic N) is 5. The van der Waals surface area contributed by atoms with Crippen molar-refractivity contribution in [3.63, 3.8) is 0 Å². The molecule has 7 nitrogen and oxygen atoms in total. The van der Waals surface area contributed by atoms with Gasteiger partial charge in [-0.2, -0.15) is 4.98 Å². The minimum absolute atomic E-state index is 0.237. The molecule has 2 aromatic heterocycles. The van der Waals surface area contributed by atoms with Crippen molar-refractivity contribution in [2.24, 2.45) is 0 Å². The summed E-state index contributed by atoms with van der Waals surface area (Å²) in [6.45, 7) is 3.58. The minimum Gasteiger partial charge on any atom is -0.340 e. The summed E-state index contributed by atoms with van der Waals surface area (Å²) >= 11 is 0. The van der Waals surface area contributed by atoms with Gasteiger partial charge >= 0.3 is 0 Å². The van der Waals surface area contributed by atoms with Crippen LogP contribution in [0.4, 0.5) is 10.3 Å². The van der Waals surface area contributed by atoms with Crippen LogP contribution in [0.2, 0.25) is 0 Å². The quantitative estimate of drug-likeness (QED) is 0.537. The van der Waals surface area contributed by atoms with Crippen molar-refractivity contribution in [1.29, 1.82) is 0 Å². The Bertz CT molecular complexity index is 1310. The summed E-state index contributed by atoms with van der Waals surface area (Å²) < 4.78 is 14.8. The molecule has 0 radical (unpaired) electrons. The summed E-state index contributed by atoms with van der Waals surface area (Å²) in [5, 5.41) is 4.87. The molecule has 4 aromatic rings. The number of hydrogen-bond acceptors (Lipinski definition) is 5. The molecular formula is C24H25FN6O. The number of nitrogens with one attached hydrogen (secondary N) is 1. The van der Waals surface area contributed by atoms with E-state index in [-0.39, 0.29) is 17.4 Å². The van der Waals surface area contributed by atoms with Gasteiger partial charge in [-0.05, 0) is 50.8 Å². The van der Waals surface area contributed by atoms with Gasteiger partial charge in [-0.1, -0.05) is 29.8 Å². The number of anilines is 1. The average Bonchev–Trinajstić information content (AvgIpc) is 3.40. The normalized spacial score (nSPS) is 18.7. The average molecular weight is 433 g/mol. The lowest BCUT2D eigenvalue weighted by atomic mass is 9.93. The van der Waals surface area contributed by atoms with E-state index in [1.807, 2.05) is 0 Å². The largest absolute Gasteiger partial charge is 0.340 e. The fraction of sp³-hybridized carbons (Fsp3) is 0.292. The smallest absolute Gasteiger partial charge is 0.263 e. The lowest BCUT2D eigenvalue weighted by Crippen LogP contribution is -2.35. The second-order valence-corrected chi connectivity index (χ2v) is 8.63. The second-order valence-electron chi connectivity index (χ2n) is 8.63. The Kier molecular flexibility index (Phi) is 5.01. The third-order valence-corrected chi connectivity index (χ3v) is 6.22. The number of rotatable bonds is 4. The van der Waals surface area contributed by atoms with E-state index in [2.05, 4.69) is 70.2 Å². The van der Waals surface area contributed by atoms with Gasteiger partial charge in [0.2, 0.25) is 5.95 Å². The standard InChI is InChI=1S/C24H25FN6O/c1-15-4-6-16(7-5-15)19-12-30(14-21(19)29(2)3)24-26-22-20(23(32)27-24)13-31(28-22)18-10-8-17(25)9-11-18/h4-11,13,19,21H,12,14H2,1-3H3,(H,26,27,28,32)/t19-,21+/m0/s1. The summed E-state index contributed by atoms with van der Waals surface area (Å²) in [7, 11) is 4.16. The second kappa shape index (κ2) is 7.87. The van der Waals surface area contributed by atoms with Crippen LogP contribution in [0.5, 0.6) is 0 Å². The number of likely N-dealkylation sites (N-methyl/N-ethyl adjacent to an activating group) is 1. The summed E-state index contributed by atoms with van der Waals surface area (Å²) in [4.78, 5) is 24.8. The Balaban J connectivity index is 1.49. The van der Waals surface area contributed by atoms with Crippen molar-refractivity contribution in [2.75, 3.05) is 32.1 Å². The number of aryl methyl sites for hydroxylation is 1. The van der Waals surface area contributed by atoms with Crippen molar-refractivity contribution < 1.29 is 4.39 Å². The Morgan fingerprint density at radius 3 is 2.47 bits per heavy atom. The molecule has 1 fully saturated rings. The van der Waals surface area contributed by atoms with Crippen LogP contribution in [0, 0.1) is 12.7 Å². The van der Waals surface area contributed by atoms with Crippen molar-refractivity contribution >= 4 is 17.0 Å². The van der Waals surface area contributed by atoms with E-state index in [1.165, 1.54) is 23.3 Å². The molecule has 0 spiro atoms. The molecule has 1 aliphatic rings. The van der Waals surface area contributed by atoms with E-state index in [4.69, 9.17) is 0 Å². The third-order valence-electron chi connectivity index (χ3n) is 6.22. The fourth-order valence-electron chi connectivity index (χ4n) is 4.40. The number of halogens is 1. The summed E-state index contributed by atoms with van der Waals surface area (Å²) in [5.74, 6) is 0.494. The van der Waals surface area contributed by atoms with E-state index in [0.29, 0.717) is 28.6 Å². The monoisotopic (exact) mass is 432 g/mol. The highest BCUT2D eigenvalue weighted by Crippen LogP contribution is 2.32. The number of H-pyrrole nitrogens is 1. The van der Waals surface area contributed by atoms with Gasteiger partial charge in [-0.15, -0.1) is 5.10 Å². The van der Waals surface area contributed by atoms with Crippen LogP contribution < -0.4 is 10.5 Å². The van der Waals surface area contributed by atoms with Crippen LogP contribution in [0.3, 0.4) is 0 Å². The van der Waals surface area contributed by atoms with Crippen molar-refractivity contribution in [1.82, 2.24) is 24.6 Å². The zero-order valence-corrected chi connectivity index (χ0v) is 18.3. The predicted molar refractivity (Wildman–Crippen MR) is 123 cm³/mol. The lowest BCUT2D eigenvalue weighted by molar-refractivity contribution is 0.292. The maximum absolute atomic E-state index is 13.3. The Hall–Kier alpha value is -3.52. The maximum Gasteiger partial charge on any atom is 0.263 e. The molecule has 5 rings (SSSR count). The van der Waals surface area contributed by atoms with Gasteiger partial charge in [-0.25, -0.2) is 9.07 Å². The van der Waals surface area contributed by atoms with Gasteiger partial charge in [-0.3, -0.25) is 9.78 Å². The zero-order chi connectivity index (χ0) is 22.4. The van der Waals surface area contributed by atoms with Crippen LogP contribution >= 0.6 is 0 Å². The van der Waals surface area contributed by atoms with E-state index < -0.39 is 0 Å². The third kappa shape index (κ3) is 3.67. The summed E-state index contributed by atoms with van der Waals surface area (Å²) in [6.07, 6.45) is 1.62. The molecule has 8 heteroatoms. The van der Waals surface area contributed by atoms with E-state index in [1.54, 1.807) is 23.0 Å². The molecule has 2 aromatic carbocycles. The highest BCUT2D eigenvalue weighted by Gasteiger charge is 2.36. The Labute approximate surface area is 185 Å². The van der Waals surface area contributed by atoms with Gasteiger partial charge in [0, 0.05) is 31.2 Å². The Morgan fingerprint density at radius 2 is 1.78 bits per heavy atom. The zero-order valence-electron chi connectivity index (χ0n) is 18.3. The van der Waals surface area contributed by atoms with Gasteiger partial charge in [0.1, 0.15) is 11.2 Å². The number of hydrogen-bond donors (Lipinski definition) is 1. The molecule has 0 unspecified atom stereocenters. The first kappa shape index (κ1) is 20.4. The number of aromatic amines is 1. The topological polar surface area (TPSA) is 70.0 Å². The molecular weight excluding hydrogens is 407 g/mol. The van der Waals surface area contributed by atoms with E-state index in [9.17, 15) is 9.18 Å². The molecule has 0 bridgehead atoms. The first-order valence-corrected chi connectivity index (χ1v) is 10.6. The lowest BCUT2D eigenvalue weighted by Gasteiger charge is -2.25. The molecule has 32 heavy (non-hydrogen) atoms. The fourth-order valence-corrected chi connectivity index (χ4v) is 4.40. The molecule has 164 valence electrons. The molecule has 1 aliphatic heterocycles. The summed E-state index contributed by atoms with van der Waals surface area (Å²) in [5.41, 5.74) is 3.31. The number of aromatic nitrogens is 4. The summed E-state index contributed by atoms with van der Waals surface area (Å²) in [6, 6.07) is 14.9. The molecule has 1 N–H and O–H groups in total. The van der Waals surface area contributed by atoms with Gasteiger partial charge in [0.25, 0.3) is 5.56 Å². The van der Waals surface area contributed by atoms with Crippen LogP contribution in [0.25, 0.3) is 16.7 Å². The van der Waals surface area contributed by atoms with E-state index >= 15 is 0 Å². The van der Waals surface area contributed by atoms with Gasteiger partial charge in [0.05, 0.1) is 5.69 Å². The van der Waals surface area contributed by atoms with Gasteiger partial charge in [0.15, 0.2) is 5.65 Å². The van der Waals surface area contributed by atoms with Gasteiger partial charge < -0.3 is 9.80 Å². The first-order chi connectivity index (χ1) is 15.4. The Morgan fingerprint density at radius 1 is 1.06 bits per heavy atom. The highest BCUT2D eigenvalue weighted by atomic mass is 19.1. The van der Waals surface area contributed by atoms with Crippen LogP contribution in [-0.2, 0) is 0 Å². The minimum atomic E-state index is -0.323. The van der Waals surface area contributed by atoms with Crippen LogP contribution in [0.15, 0.2) is 59.5 Å². The molecule has 3 heterocycles. The molecule has 0 amide bonds. The molecule has 0 aliphatic carbocycles. The highest BCUT2D eigenvalue weighted by molar-refractivity contribution is 5.74. The molecule has 2 atom stereocenters.